The lowest BCUT2D eigenvalue weighted by atomic mass is 10.2. The Morgan fingerprint density at radius 1 is 1.19 bits per heavy atom. The van der Waals surface area contributed by atoms with Gasteiger partial charge in [-0.2, -0.15) is 4.99 Å². The molecule has 0 bridgehead atoms. The van der Waals surface area contributed by atoms with E-state index in [0.717, 1.165) is 5.69 Å². The van der Waals surface area contributed by atoms with Crippen LogP contribution in [0.15, 0.2) is 66.9 Å². The van der Waals surface area contributed by atoms with Gasteiger partial charge < -0.3 is 9.52 Å². The first-order valence-corrected chi connectivity index (χ1v) is 7.95. The number of H-pyrrole nitrogens is 1. The number of carboxylic acids is 1. The summed E-state index contributed by atoms with van der Waals surface area (Å²) in [5, 5.41) is 19.0. The number of furan rings is 1. The number of aliphatic carboxylic acids is 1. The number of nitrogens with one attached hydrogen (secondary N) is 1. The van der Waals surface area contributed by atoms with Crippen LogP contribution in [0.1, 0.15) is 11.3 Å². The van der Waals surface area contributed by atoms with Crippen molar-refractivity contribution in [3.05, 3.63) is 74.9 Å². The number of amidine groups is 1. The fourth-order valence-corrected chi connectivity index (χ4v) is 2.62. The molecule has 0 unspecified atom stereocenters. The minimum Gasteiger partial charge on any atom is -0.475 e. The number of nitrogens with zero attached hydrogens (tertiary/aromatic N) is 4. The fourth-order valence-electron chi connectivity index (χ4n) is 2.62. The average Bonchev–Trinajstić information content (AvgIpc) is 3.38. The number of hydrogen-bond donors (Lipinski definition) is 2. The smallest absolute Gasteiger partial charge is 0.375 e. The van der Waals surface area contributed by atoms with Crippen molar-refractivity contribution < 1.29 is 14.3 Å². The zero-order valence-electron chi connectivity index (χ0n) is 14.1. The summed E-state index contributed by atoms with van der Waals surface area (Å²) < 4.78 is 7.07. The molecule has 2 aromatic heterocycles. The second-order valence-electron chi connectivity index (χ2n) is 5.74. The Morgan fingerprint density at radius 2 is 1.96 bits per heavy atom. The lowest BCUT2D eigenvalue weighted by Gasteiger charge is -1.99. The summed E-state index contributed by atoms with van der Waals surface area (Å²) in [6.45, 7) is 1.79. The van der Waals surface area contributed by atoms with Crippen LogP contribution in [0, 0.1) is 6.92 Å². The zero-order valence-corrected chi connectivity index (χ0v) is 14.1. The first-order chi connectivity index (χ1) is 13.0. The summed E-state index contributed by atoms with van der Waals surface area (Å²) in [6.07, 6.45) is 1.60. The third-order valence-electron chi connectivity index (χ3n) is 3.91. The van der Waals surface area contributed by atoms with Crippen LogP contribution in [0.3, 0.4) is 0 Å². The van der Waals surface area contributed by atoms with Crippen molar-refractivity contribution in [3.8, 4) is 5.69 Å². The largest absolute Gasteiger partial charge is 0.475 e. The van der Waals surface area contributed by atoms with Gasteiger partial charge in [-0.15, -0.1) is 10.2 Å². The van der Waals surface area contributed by atoms with Gasteiger partial charge in [-0.3, -0.25) is 9.89 Å². The molecule has 0 radical (unpaired) electrons. The topological polar surface area (TPSA) is 125 Å². The summed E-state index contributed by atoms with van der Waals surface area (Å²) >= 11 is 0. The molecule has 0 amide bonds. The van der Waals surface area contributed by atoms with Gasteiger partial charge in [0.25, 0.3) is 11.4 Å². The fraction of sp³-hybridized carbons (Fsp3) is 0.0556. The number of aliphatic imine (C=N–C) groups is 1. The molecular formula is C18H13N5O4. The molecule has 9 nitrogen and oxygen atoms in total. The van der Waals surface area contributed by atoms with E-state index in [4.69, 9.17) is 9.52 Å². The number of azo groups is 1. The van der Waals surface area contributed by atoms with Crippen molar-refractivity contribution in [2.75, 3.05) is 0 Å². The molecule has 0 spiro atoms. The quantitative estimate of drug-likeness (QED) is 0.717. The van der Waals surface area contributed by atoms with Crippen molar-refractivity contribution in [2.24, 2.45) is 15.2 Å². The molecule has 3 aromatic rings. The summed E-state index contributed by atoms with van der Waals surface area (Å²) in [4.78, 5) is 27.3. The van der Waals surface area contributed by atoms with E-state index in [1.807, 2.05) is 30.3 Å². The highest BCUT2D eigenvalue weighted by Crippen LogP contribution is 2.09. The third kappa shape index (κ3) is 3.01. The highest BCUT2D eigenvalue weighted by Gasteiger charge is 2.16. The number of aromatic amines is 1. The summed E-state index contributed by atoms with van der Waals surface area (Å²) in [6, 6.07) is 12.5. The SMILES string of the molecule is Cc1[nH]n(-c2ccccc2)c(=O)c1/C=c1\cc/c(=C2\N=NC(C(=O)O)=N2)o1. The lowest BCUT2D eigenvalue weighted by Crippen LogP contribution is -2.16. The van der Waals surface area contributed by atoms with E-state index < -0.39 is 11.8 Å². The van der Waals surface area contributed by atoms with Gasteiger partial charge >= 0.3 is 5.97 Å². The molecule has 0 atom stereocenters. The van der Waals surface area contributed by atoms with Crippen LogP contribution < -0.4 is 16.4 Å². The third-order valence-corrected chi connectivity index (χ3v) is 3.91. The number of benzene rings is 1. The van der Waals surface area contributed by atoms with Crippen LogP contribution in [-0.4, -0.2) is 26.7 Å². The Hall–Kier alpha value is -4.01. The van der Waals surface area contributed by atoms with Crippen molar-refractivity contribution in [1.82, 2.24) is 9.78 Å². The number of rotatable bonds is 3. The number of carbonyl (C=O) groups is 1. The van der Waals surface area contributed by atoms with Crippen LogP contribution in [0.4, 0.5) is 0 Å². The number of aromatic nitrogens is 2. The molecule has 4 rings (SSSR count). The Labute approximate surface area is 151 Å². The van der Waals surface area contributed by atoms with E-state index in [0.29, 0.717) is 16.7 Å². The number of hydrogen-bond acceptors (Lipinski definition) is 6. The molecule has 2 N–H and O–H groups in total. The highest BCUT2D eigenvalue weighted by molar-refractivity contribution is 6.36. The standard InChI is InChI=1S/C18H13N5O4/c1-10-13(17(24)23(22-10)11-5-3-2-4-6-11)9-12-7-8-14(27-12)15-19-16(18(25)26)21-20-15/h2-9,22H,1H3,(H,25,26)/b12-9+,15-14+. The molecule has 0 fully saturated rings. The predicted octanol–water partition coefficient (Wildman–Crippen LogP) is 0.910. The number of para-hydroxylation sites is 1. The maximum atomic E-state index is 12.7. The van der Waals surface area contributed by atoms with E-state index in [1.54, 1.807) is 25.1 Å². The minimum absolute atomic E-state index is 0.0690. The maximum absolute atomic E-state index is 12.7. The zero-order chi connectivity index (χ0) is 19.0. The van der Waals surface area contributed by atoms with Crippen LogP contribution in [-0.2, 0) is 4.79 Å². The van der Waals surface area contributed by atoms with Crippen molar-refractivity contribution in [1.29, 1.82) is 0 Å². The minimum atomic E-state index is -1.27. The summed E-state index contributed by atoms with van der Waals surface area (Å²) in [7, 11) is 0. The Morgan fingerprint density at radius 3 is 2.67 bits per heavy atom. The van der Waals surface area contributed by atoms with Gasteiger partial charge in [0.2, 0.25) is 5.82 Å². The van der Waals surface area contributed by atoms with Gasteiger partial charge in [0.15, 0.2) is 5.42 Å². The van der Waals surface area contributed by atoms with Crippen molar-refractivity contribution >= 4 is 23.7 Å². The Balaban J connectivity index is 1.78. The Bertz CT molecular complexity index is 1280. The first-order valence-electron chi connectivity index (χ1n) is 7.95. The number of carboxylic acid groups (broad SMARTS) is 1. The van der Waals surface area contributed by atoms with Gasteiger partial charge in [-0.1, -0.05) is 18.2 Å². The van der Waals surface area contributed by atoms with E-state index in [1.165, 1.54) is 4.68 Å². The molecule has 134 valence electrons. The second-order valence-corrected chi connectivity index (χ2v) is 5.74. The van der Waals surface area contributed by atoms with E-state index in [-0.39, 0.29) is 16.8 Å². The molecule has 0 saturated carbocycles. The monoisotopic (exact) mass is 363 g/mol. The van der Waals surface area contributed by atoms with Crippen LogP contribution in [0.25, 0.3) is 17.6 Å². The molecule has 27 heavy (non-hydrogen) atoms. The van der Waals surface area contributed by atoms with Crippen LogP contribution in [0.5, 0.6) is 0 Å². The normalized spacial score (nSPS) is 16.0. The molecule has 1 aliphatic heterocycles. The van der Waals surface area contributed by atoms with Crippen LogP contribution in [0.2, 0.25) is 0 Å². The van der Waals surface area contributed by atoms with Gasteiger partial charge in [-0.05, 0) is 37.3 Å². The first kappa shape index (κ1) is 16.5. The summed E-state index contributed by atoms with van der Waals surface area (Å²) in [5.41, 5.74) is 2.32. The molecule has 9 heteroatoms. The molecule has 0 aliphatic carbocycles. The van der Waals surface area contributed by atoms with Crippen molar-refractivity contribution in [3.63, 3.8) is 0 Å². The second kappa shape index (κ2) is 6.37. The molecule has 0 saturated heterocycles. The molecule has 1 aliphatic rings. The predicted molar refractivity (Wildman–Crippen MR) is 96.0 cm³/mol. The average molecular weight is 363 g/mol. The Kier molecular flexibility index (Phi) is 3.88. The van der Waals surface area contributed by atoms with Crippen molar-refractivity contribution in [2.45, 2.75) is 6.92 Å². The van der Waals surface area contributed by atoms with Gasteiger partial charge in [-0.25, -0.2) is 9.48 Å². The maximum Gasteiger partial charge on any atom is 0.375 e. The summed E-state index contributed by atoms with van der Waals surface area (Å²) in [5.74, 6) is -1.60. The van der Waals surface area contributed by atoms with Gasteiger partial charge in [0.05, 0.1) is 11.3 Å². The van der Waals surface area contributed by atoms with Gasteiger partial charge in [0.1, 0.15) is 5.42 Å². The number of aryl methyl sites for hydroxylation is 1. The molecule has 3 heterocycles. The lowest BCUT2D eigenvalue weighted by molar-refractivity contribution is -0.129. The molecule has 1 aromatic carbocycles. The highest BCUT2D eigenvalue weighted by atomic mass is 16.4. The molecular weight excluding hydrogens is 350 g/mol. The van der Waals surface area contributed by atoms with E-state index in [2.05, 4.69) is 20.3 Å². The van der Waals surface area contributed by atoms with E-state index >= 15 is 0 Å². The van der Waals surface area contributed by atoms with E-state index in [9.17, 15) is 9.59 Å². The van der Waals surface area contributed by atoms with Crippen LogP contribution >= 0.6 is 0 Å². The van der Waals surface area contributed by atoms with Gasteiger partial charge in [0, 0.05) is 5.69 Å².